The van der Waals surface area contributed by atoms with Crippen molar-refractivity contribution in [2.24, 2.45) is 5.92 Å². The van der Waals surface area contributed by atoms with E-state index in [2.05, 4.69) is 25.0 Å². The highest BCUT2D eigenvalue weighted by molar-refractivity contribution is 5.94. The number of benzene rings is 3. The second-order valence-corrected chi connectivity index (χ2v) is 10.9. The number of allylic oxidation sites excluding steroid dienone is 1. The van der Waals surface area contributed by atoms with Crippen molar-refractivity contribution in [2.75, 3.05) is 11.9 Å². The van der Waals surface area contributed by atoms with Gasteiger partial charge in [0.2, 0.25) is 0 Å². The number of nitrogens with zero attached hydrogens (tertiary/aromatic N) is 2. The average Bonchev–Trinajstić information content (AvgIpc) is 3.34. The van der Waals surface area contributed by atoms with Gasteiger partial charge in [0.25, 0.3) is 5.56 Å². The molecule has 2 heterocycles. The van der Waals surface area contributed by atoms with Crippen molar-refractivity contribution in [2.45, 2.75) is 43.6 Å². The number of likely N-dealkylation sites (N-methyl/N-ethyl adjacent to an activating group) is 1. The SMILES string of the molecule is CN1/C(=C/C2C(O)C(c3c(C(F)(F)F)[nH]n(-c4ccccc4)c3=O)C2O)C(C)(C)c2c1ccc1ccccc21. The first-order chi connectivity index (χ1) is 18.4. The van der Waals surface area contributed by atoms with Crippen LogP contribution in [-0.2, 0) is 11.6 Å². The lowest BCUT2D eigenvalue weighted by atomic mass is 9.64. The van der Waals surface area contributed by atoms with E-state index < -0.39 is 52.5 Å². The van der Waals surface area contributed by atoms with E-state index in [9.17, 15) is 28.2 Å². The number of aliphatic hydroxyl groups excluding tert-OH is 2. The van der Waals surface area contributed by atoms with Gasteiger partial charge in [0.05, 0.1) is 23.5 Å². The van der Waals surface area contributed by atoms with Gasteiger partial charge in [-0.25, -0.2) is 4.68 Å². The molecule has 1 aromatic heterocycles. The molecule has 6 rings (SSSR count). The molecule has 1 saturated carbocycles. The number of aliphatic hydroxyl groups is 2. The quantitative estimate of drug-likeness (QED) is 0.342. The van der Waals surface area contributed by atoms with Crippen LogP contribution in [0, 0.1) is 5.92 Å². The first-order valence-electron chi connectivity index (χ1n) is 12.7. The number of hydrogen-bond donors (Lipinski definition) is 3. The Balaban J connectivity index is 1.39. The summed E-state index contributed by atoms with van der Waals surface area (Å²) in [6, 6.07) is 20.0. The van der Waals surface area contributed by atoms with E-state index in [0.29, 0.717) is 0 Å². The minimum Gasteiger partial charge on any atom is -0.392 e. The minimum atomic E-state index is -4.88. The van der Waals surface area contributed by atoms with Gasteiger partial charge in [-0.3, -0.25) is 9.89 Å². The summed E-state index contributed by atoms with van der Waals surface area (Å²) in [7, 11) is 1.90. The Hall–Kier alpha value is -3.82. The Bertz CT molecular complexity index is 1660. The second kappa shape index (κ2) is 8.59. The highest BCUT2D eigenvalue weighted by atomic mass is 19.4. The van der Waals surface area contributed by atoms with E-state index in [0.717, 1.165) is 32.4 Å². The van der Waals surface area contributed by atoms with Crippen LogP contribution in [0.15, 0.2) is 83.3 Å². The van der Waals surface area contributed by atoms with Gasteiger partial charge in [0.1, 0.15) is 5.69 Å². The summed E-state index contributed by atoms with van der Waals surface area (Å²) in [5.74, 6) is -2.25. The van der Waals surface area contributed by atoms with Crippen molar-refractivity contribution in [3.05, 3.63) is 106 Å². The molecule has 9 heteroatoms. The first-order valence-corrected chi connectivity index (χ1v) is 12.7. The van der Waals surface area contributed by atoms with E-state index in [4.69, 9.17) is 0 Å². The molecule has 3 N–H and O–H groups in total. The van der Waals surface area contributed by atoms with Gasteiger partial charge < -0.3 is 15.1 Å². The molecule has 6 nitrogen and oxygen atoms in total. The van der Waals surface area contributed by atoms with Gasteiger partial charge in [-0.1, -0.05) is 68.5 Å². The van der Waals surface area contributed by atoms with Crippen LogP contribution in [0.4, 0.5) is 18.9 Å². The monoisotopic (exact) mass is 535 g/mol. The smallest absolute Gasteiger partial charge is 0.392 e. The second-order valence-electron chi connectivity index (χ2n) is 10.9. The van der Waals surface area contributed by atoms with E-state index in [1.54, 1.807) is 24.3 Å². The Kier molecular flexibility index (Phi) is 5.61. The summed E-state index contributed by atoms with van der Waals surface area (Å²) in [5, 5.41) is 26.6. The van der Waals surface area contributed by atoms with Gasteiger partial charge in [0.15, 0.2) is 0 Å². The number of hydrogen-bond acceptors (Lipinski definition) is 4. The summed E-state index contributed by atoms with van der Waals surface area (Å²) in [5.41, 5.74) is -0.231. The zero-order valence-electron chi connectivity index (χ0n) is 21.6. The molecule has 1 aliphatic heterocycles. The molecule has 202 valence electrons. The van der Waals surface area contributed by atoms with E-state index in [1.807, 2.05) is 42.3 Å². The van der Waals surface area contributed by atoms with Crippen LogP contribution >= 0.6 is 0 Å². The van der Waals surface area contributed by atoms with Crippen LogP contribution in [-0.4, -0.2) is 39.2 Å². The van der Waals surface area contributed by atoms with Crippen LogP contribution in [0.25, 0.3) is 16.5 Å². The van der Waals surface area contributed by atoms with Crippen molar-refractivity contribution in [3.8, 4) is 5.69 Å². The number of aromatic nitrogens is 2. The van der Waals surface area contributed by atoms with Crippen LogP contribution in [0.3, 0.4) is 0 Å². The number of para-hydroxylation sites is 1. The van der Waals surface area contributed by atoms with Crippen LogP contribution in [0.1, 0.15) is 36.6 Å². The maximum atomic E-state index is 14.0. The number of aromatic amines is 1. The molecule has 4 aromatic rings. The summed E-state index contributed by atoms with van der Waals surface area (Å²) in [6.45, 7) is 4.10. The molecule has 2 unspecified atom stereocenters. The van der Waals surface area contributed by atoms with Crippen molar-refractivity contribution in [3.63, 3.8) is 0 Å². The maximum Gasteiger partial charge on any atom is 0.433 e. The molecule has 0 bridgehead atoms. The number of nitrogens with one attached hydrogen (secondary N) is 1. The van der Waals surface area contributed by atoms with Gasteiger partial charge >= 0.3 is 6.18 Å². The molecule has 39 heavy (non-hydrogen) atoms. The molecular formula is C30H28F3N3O3. The van der Waals surface area contributed by atoms with Crippen LogP contribution in [0.5, 0.6) is 0 Å². The summed E-state index contributed by atoms with van der Waals surface area (Å²) in [4.78, 5) is 15.2. The number of H-pyrrole nitrogens is 1. The van der Waals surface area contributed by atoms with Crippen molar-refractivity contribution < 1.29 is 23.4 Å². The lowest BCUT2D eigenvalue weighted by Gasteiger charge is -2.45. The predicted molar refractivity (Wildman–Crippen MR) is 143 cm³/mol. The molecule has 0 amide bonds. The zero-order valence-corrected chi connectivity index (χ0v) is 21.6. The van der Waals surface area contributed by atoms with Gasteiger partial charge in [-0.05, 0) is 34.5 Å². The third-order valence-corrected chi connectivity index (χ3v) is 8.33. The van der Waals surface area contributed by atoms with E-state index >= 15 is 0 Å². The largest absolute Gasteiger partial charge is 0.433 e. The number of alkyl halides is 3. The Morgan fingerprint density at radius 3 is 2.26 bits per heavy atom. The Labute approximate surface area is 222 Å². The van der Waals surface area contributed by atoms with Crippen LogP contribution in [0.2, 0.25) is 0 Å². The normalized spacial score (nSPS) is 25.2. The average molecular weight is 536 g/mol. The summed E-state index contributed by atoms with van der Waals surface area (Å²) in [6.07, 6.45) is -5.90. The Morgan fingerprint density at radius 1 is 0.949 bits per heavy atom. The molecule has 0 spiro atoms. The number of halogens is 3. The Morgan fingerprint density at radius 2 is 1.59 bits per heavy atom. The van der Waals surface area contributed by atoms with E-state index in [1.165, 1.54) is 12.1 Å². The number of rotatable bonds is 3. The maximum absolute atomic E-state index is 14.0. The fourth-order valence-electron chi connectivity index (χ4n) is 6.39. The fraction of sp³-hybridized carbons (Fsp3) is 0.300. The fourth-order valence-corrected chi connectivity index (χ4v) is 6.39. The van der Waals surface area contributed by atoms with Gasteiger partial charge in [-0.2, -0.15) is 13.2 Å². The molecule has 2 atom stereocenters. The summed E-state index contributed by atoms with van der Waals surface area (Å²) < 4.78 is 42.9. The predicted octanol–water partition coefficient (Wildman–Crippen LogP) is 5.08. The third kappa shape index (κ3) is 3.67. The molecule has 0 radical (unpaired) electrons. The third-order valence-electron chi connectivity index (χ3n) is 8.33. The summed E-state index contributed by atoms with van der Waals surface area (Å²) >= 11 is 0. The van der Waals surface area contributed by atoms with Crippen molar-refractivity contribution in [1.29, 1.82) is 0 Å². The van der Waals surface area contributed by atoms with Crippen molar-refractivity contribution >= 4 is 16.5 Å². The van der Waals surface area contributed by atoms with E-state index in [-0.39, 0.29) is 5.69 Å². The van der Waals surface area contributed by atoms with Crippen LogP contribution < -0.4 is 10.5 Å². The lowest BCUT2D eigenvalue weighted by Crippen LogP contribution is -2.54. The standard InChI is InChI=1S/C30H28F3N3O3/c1-29(2)21(35(3)20-14-13-16-9-7-8-12-18(16)24(20)29)15-19-25(37)22(26(19)38)23-27(30(31,32)33)34-36(28(23)39)17-10-5-4-6-11-17/h4-15,19,22,25-26,34,37-38H,1-3H3/b21-15+. The first kappa shape index (κ1) is 25.5. The molecular weight excluding hydrogens is 507 g/mol. The molecule has 3 aromatic carbocycles. The van der Waals surface area contributed by atoms with Gasteiger partial charge in [-0.15, -0.1) is 0 Å². The zero-order chi connectivity index (χ0) is 27.9. The topological polar surface area (TPSA) is 81.5 Å². The number of fused-ring (bicyclic) bond motifs is 3. The molecule has 1 fully saturated rings. The molecule has 2 aliphatic rings. The molecule has 1 aliphatic carbocycles. The lowest BCUT2D eigenvalue weighted by molar-refractivity contribution is -0.145. The minimum absolute atomic E-state index is 0.223. The molecule has 0 saturated heterocycles. The van der Waals surface area contributed by atoms with Gasteiger partial charge in [0, 0.05) is 35.7 Å². The highest BCUT2D eigenvalue weighted by Gasteiger charge is 2.55. The number of anilines is 1. The highest BCUT2D eigenvalue weighted by Crippen LogP contribution is 2.53. The van der Waals surface area contributed by atoms with Crippen molar-refractivity contribution in [1.82, 2.24) is 9.78 Å².